The van der Waals surface area contributed by atoms with E-state index in [2.05, 4.69) is 15.3 Å². The zero-order chi connectivity index (χ0) is 9.10. The highest BCUT2D eigenvalue weighted by Gasteiger charge is 2.22. The van der Waals surface area contributed by atoms with E-state index in [9.17, 15) is 5.11 Å². The zero-order valence-corrected chi connectivity index (χ0v) is 7.35. The van der Waals surface area contributed by atoms with Gasteiger partial charge in [0.25, 0.3) is 0 Å². The van der Waals surface area contributed by atoms with Crippen molar-refractivity contribution in [3.63, 3.8) is 0 Å². The molecule has 70 valence electrons. The molecule has 1 aromatic rings. The molecule has 0 aromatic carbocycles. The fourth-order valence-electron chi connectivity index (χ4n) is 1.64. The van der Waals surface area contributed by atoms with E-state index < -0.39 is 0 Å². The molecule has 1 aliphatic rings. The summed E-state index contributed by atoms with van der Waals surface area (Å²) in [6.45, 7) is 0. The maximum atomic E-state index is 9.30. The zero-order valence-electron chi connectivity index (χ0n) is 7.35. The lowest BCUT2D eigenvalue weighted by molar-refractivity contribution is 0.182. The summed E-state index contributed by atoms with van der Waals surface area (Å²) in [6, 6.07) is 2.12. The Balaban J connectivity index is 1.92. The van der Waals surface area contributed by atoms with E-state index in [-0.39, 0.29) is 6.10 Å². The molecule has 2 rings (SSSR count). The van der Waals surface area contributed by atoms with Gasteiger partial charge in [0.2, 0.25) is 5.95 Å². The molecule has 13 heavy (non-hydrogen) atoms. The van der Waals surface area contributed by atoms with Crippen LogP contribution in [0, 0.1) is 0 Å². The van der Waals surface area contributed by atoms with Gasteiger partial charge in [-0.05, 0) is 25.3 Å². The lowest BCUT2D eigenvalue weighted by Crippen LogP contribution is -2.18. The average Bonchev–Trinajstić information content (AvgIpc) is 2.53. The van der Waals surface area contributed by atoms with Gasteiger partial charge >= 0.3 is 0 Å². The number of aliphatic hydroxyl groups is 1. The second-order valence-electron chi connectivity index (χ2n) is 3.38. The Morgan fingerprint density at radius 1 is 1.31 bits per heavy atom. The molecule has 2 atom stereocenters. The average molecular weight is 179 g/mol. The second kappa shape index (κ2) is 3.70. The first kappa shape index (κ1) is 8.44. The SMILES string of the molecule is O[C@H]1CC[C@H](Nc2ncccn2)C1. The van der Waals surface area contributed by atoms with Crippen molar-refractivity contribution in [1.82, 2.24) is 9.97 Å². The minimum Gasteiger partial charge on any atom is -0.393 e. The highest BCUT2D eigenvalue weighted by Crippen LogP contribution is 2.20. The molecule has 0 radical (unpaired) electrons. The fraction of sp³-hybridized carbons (Fsp3) is 0.556. The Labute approximate surface area is 77.0 Å². The largest absolute Gasteiger partial charge is 0.393 e. The van der Waals surface area contributed by atoms with Crippen LogP contribution in [0.25, 0.3) is 0 Å². The van der Waals surface area contributed by atoms with Crippen LogP contribution < -0.4 is 5.32 Å². The van der Waals surface area contributed by atoms with E-state index in [1.807, 2.05) is 0 Å². The van der Waals surface area contributed by atoms with Gasteiger partial charge in [0.15, 0.2) is 0 Å². The number of aliphatic hydroxyl groups excluding tert-OH is 1. The predicted molar refractivity (Wildman–Crippen MR) is 49.3 cm³/mol. The standard InChI is InChI=1S/C9H13N3O/c13-8-3-2-7(6-8)12-9-10-4-1-5-11-9/h1,4-5,7-8,13H,2-3,6H2,(H,10,11,12)/t7-,8-/m0/s1. The first-order chi connectivity index (χ1) is 6.34. The molecule has 1 aromatic heterocycles. The molecule has 0 spiro atoms. The minimum atomic E-state index is -0.152. The number of aromatic nitrogens is 2. The van der Waals surface area contributed by atoms with Gasteiger partial charge in [0, 0.05) is 18.4 Å². The molecule has 1 heterocycles. The summed E-state index contributed by atoms with van der Waals surface area (Å²) in [5.41, 5.74) is 0. The van der Waals surface area contributed by atoms with Crippen LogP contribution in [0.2, 0.25) is 0 Å². The van der Waals surface area contributed by atoms with Crippen molar-refractivity contribution in [3.05, 3.63) is 18.5 Å². The molecule has 1 fully saturated rings. The van der Waals surface area contributed by atoms with Gasteiger partial charge in [-0.2, -0.15) is 0 Å². The topological polar surface area (TPSA) is 58.0 Å². The summed E-state index contributed by atoms with van der Waals surface area (Å²) < 4.78 is 0. The summed E-state index contributed by atoms with van der Waals surface area (Å²) in [6.07, 6.45) is 5.95. The lowest BCUT2D eigenvalue weighted by atomic mass is 10.2. The first-order valence-corrected chi connectivity index (χ1v) is 4.56. The van der Waals surface area contributed by atoms with E-state index in [1.165, 1.54) is 0 Å². The molecule has 0 unspecified atom stereocenters. The quantitative estimate of drug-likeness (QED) is 0.705. The smallest absolute Gasteiger partial charge is 0.222 e. The van der Waals surface area contributed by atoms with Gasteiger partial charge in [-0.1, -0.05) is 0 Å². The summed E-state index contributed by atoms with van der Waals surface area (Å²) in [5.74, 6) is 0.654. The molecule has 0 amide bonds. The van der Waals surface area contributed by atoms with Crippen molar-refractivity contribution in [1.29, 1.82) is 0 Å². The lowest BCUT2D eigenvalue weighted by Gasteiger charge is -2.10. The maximum Gasteiger partial charge on any atom is 0.222 e. The molecule has 0 bridgehead atoms. The Morgan fingerprint density at radius 2 is 2.08 bits per heavy atom. The monoisotopic (exact) mass is 179 g/mol. The van der Waals surface area contributed by atoms with Gasteiger partial charge in [0.1, 0.15) is 0 Å². The Morgan fingerprint density at radius 3 is 2.69 bits per heavy atom. The molecular formula is C9H13N3O. The number of nitrogens with one attached hydrogen (secondary N) is 1. The molecule has 1 saturated carbocycles. The third-order valence-electron chi connectivity index (χ3n) is 2.30. The van der Waals surface area contributed by atoms with E-state index in [4.69, 9.17) is 0 Å². The molecule has 1 aliphatic carbocycles. The van der Waals surface area contributed by atoms with Crippen molar-refractivity contribution in [2.45, 2.75) is 31.4 Å². The van der Waals surface area contributed by atoms with Crippen LogP contribution in [0.3, 0.4) is 0 Å². The normalized spacial score (nSPS) is 27.5. The molecular weight excluding hydrogens is 166 g/mol. The highest BCUT2D eigenvalue weighted by atomic mass is 16.3. The molecule has 2 N–H and O–H groups in total. The Hall–Kier alpha value is -1.16. The minimum absolute atomic E-state index is 0.152. The van der Waals surface area contributed by atoms with Crippen LogP contribution in [-0.2, 0) is 0 Å². The number of hydrogen-bond acceptors (Lipinski definition) is 4. The second-order valence-corrected chi connectivity index (χ2v) is 3.38. The van der Waals surface area contributed by atoms with Gasteiger partial charge in [-0.15, -0.1) is 0 Å². The van der Waals surface area contributed by atoms with Crippen LogP contribution in [0.5, 0.6) is 0 Å². The molecule has 0 aliphatic heterocycles. The van der Waals surface area contributed by atoms with Gasteiger partial charge < -0.3 is 10.4 Å². The van der Waals surface area contributed by atoms with Gasteiger partial charge in [-0.3, -0.25) is 0 Å². The number of hydrogen-bond donors (Lipinski definition) is 2. The fourth-order valence-corrected chi connectivity index (χ4v) is 1.64. The van der Waals surface area contributed by atoms with Crippen LogP contribution in [0.4, 0.5) is 5.95 Å². The molecule has 4 heteroatoms. The van der Waals surface area contributed by atoms with E-state index >= 15 is 0 Å². The third-order valence-corrected chi connectivity index (χ3v) is 2.30. The van der Waals surface area contributed by atoms with Gasteiger partial charge in [-0.25, -0.2) is 9.97 Å². The Kier molecular flexibility index (Phi) is 2.40. The van der Waals surface area contributed by atoms with Crippen molar-refractivity contribution in [2.75, 3.05) is 5.32 Å². The van der Waals surface area contributed by atoms with E-state index in [0.717, 1.165) is 19.3 Å². The van der Waals surface area contributed by atoms with E-state index in [0.29, 0.717) is 12.0 Å². The molecule has 0 saturated heterocycles. The van der Waals surface area contributed by atoms with Crippen LogP contribution in [0.15, 0.2) is 18.5 Å². The first-order valence-electron chi connectivity index (χ1n) is 4.56. The summed E-state index contributed by atoms with van der Waals surface area (Å²) in [5, 5.41) is 12.5. The van der Waals surface area contributed by atoms with Crippen molar-refractivity contribution < 1.29 is 5.11 Å². The maximum absolute atomic E-state index is 9.30. The van der Waals surface area contributed by atoms with E-state index in [1.54, 1.807) is 18.5 Å². The number of anilines is 1. The van der Waals surface area contributed by atoms with Crippen molar-refractivity contribution >= 4 is 5.95 Å². The third kappa shape index (κ3) is 2.15. The summed E-state index contributed by atoms with van der Waals surface area (Å²) in [7, 11) is 0. The summed E-state index contributed by atoms with van der Waals surface area (Å²) >= 11 is 0. The predicted octanol–water partition coefficient (Wildman–Crippen LogP) is 0.802. The highest BCUT2D eigenvalue weighted by molar-refractivity contribution is 5.24. The summed E-state index contributed by atoms with van der Waals surface area (Å²) in [4.78, 5) is 8.13. The van der Waals surface area contributed by atoms with Crippen LogP contribution in [0.1, 0.15) is 19.3 Å². The van der Waals surface area contributed by atoms with Gasteiger partial charge in [0.05, 0.1) is 6.10 Å². The van der Waals surface area contributed by atoms with Crippen LogP contribution in [-0.4, -0.2) is 27.2 Å². The Bertz CT molecular complexity index is 265. The molecule has 4 nitrogen and oxygen atoms in total. The number of rotatable bonds is 2. The number of nitrogens with zero attached hydrogens (tertiary/aromatic N) is 2. The van der Waals surface area contributed by atoms with Crippen molar-refractivity contribution in [2.24, 2.45) is 0 Å². The van der Waals surface area contributed by atoms with Crippen molar-refractivity contribution in [3.8, 4) is 0 Å². The van der Waals surface area contributed by atoms with Crippen LogP contribution >= 0.6 is 0 Å².